The van der Waals surface area contributed by atoms with Crippen molar-refractivity contribution in [3.63, 3.8) is 0 Å². The quantitative estimate of drug-likeness (QED) is 0.320. The van der Waals surface area contributed by atoms with Crippen LogP contribution in [0.4, 0.5) is 0 Å². The number of nitrogens with zero attached hydrogens (tertiary/aromatic N) is 1. The zero-order valence-electron chi connectivity index (χ0n) is 18.6. The fraction of sp³-hybridized carbons (Fsp3) is 0.231. The molecule has 0 radical (unpaired) electrons. The lowest BCUT2D eigenvalue weighted by molar-refractivity contribution is 0.0955. The Balaban J connectivity index is 1.59. The second kappa shape index (κ2) is 12.0. The predicted octanol–water partition coefficient (Wildman–Crippen LogP) is 5.68. The van der Waals surface area contributed by atoms with Crippen LogP contribution < -0.4 is 14.9 Å². The topological polar surface area (TPSA) is 59.9 Å². The molecule has 5 nitrogen and oxygen atoms in total. The van der Waals surface area contributed by atoms with Gasteiger partial charge in [-0.2, -0.15) is 16.9 Å². The summed E-state index contributed by atoms with van der Waals surface area (Å²) in [5, 5.41) is 4.34. The maximum absolute atomic E-state index is 12.6. The van der Waals surface area contributed by atoms with Crippen molar-refractivity contribution in [3.05, 3.63) is 95.1 Å². The van der Waals surface area contributed by atoms with E-state index in [0.29, 0.717) is 23.5 Å². The number of methoxy groups -OCH3 is 2. The van der Waals surface area contributed by atoms with E-state index in [1.54, 1.807) is 14.2 Å². The Kier molecular flexibility index (Phi) is 8.75. The Bertz CT molecular complexity index is 1050. The molecule has 0 aromatic heterocycles. The molecule has 0 spiro atoms. The molecular weight excluding hydrogens is 420 g/mol. The van der Waals surface area contributed by atoms with Crippen LogP contribution in [0.25, 0.3) is 0 Å². The monoisotopic (exact) mass is 448 g/mol. The van der Waals surface area contributed by atoms with Crippen molar-refractivity contribution < 1.29 is 14.3 Å². The molecular formula is C26H28N2O3S. The summed E-state index contributed by atoms with van der Waals surface area (Å²) in [5.41, 5.74) is 7.37. The SMILES string of the molecule is CC/C(=N/NC(=O)c1ccc(CSCc2ccccc2)cc1)c1ccc(OC)c(OC)c1. The Hall–Kier alpha value is -3.25. The van der Waals surface area contributed by atoms with Crippen LogP contribution in [0.1, 0.15) is 40.4 Å². The van der Waals surface area contributed by atoms with Gasteiger partial charge in [0.1, 0.15) is 0 Å². The molecule has 0 aliphatic heterocycles. The number of thioether (sulfide) groups is 1. The lowest BCUT2D eigenvalue weighted by atomic mass is 10.1. The van der Waals surface area contributed by atoms with Gasteiger partial charge in [-0.05, 0) is 47.9 Å². The maximum Gasteiger partial charge on any atom is 0.271 e. The van der Waals surface area contributed by atoms with E-state index in [1.165, 1.54) is 11.1 Å². The van der Waals surface area contributed by atoms with E-state index in [1.807, 2.05) is 67.2 Å². The number of hydrogen-bond donors (Lipinski definition) is 1. The Morgan fingerprint density at radius 1 is 0.844 bits per heavy atom. The van der Waals surface area contributed by atoms with Gasteiger partial charge in [-0.25, -0.2) is 5.43 Å². The van der Waals surface area contributed by atoms with Gasteiger partial charge in [0.2, 0.25) is 0 Å². The molecule has 32 heavy (non-hydrogen) atoms. The normalized spacial score (nSPS) is 11.2. The van der Waals surface area contributed by atoms with Gasteiger partial charge in [0, 0.05) is 22.6 Å². The molecule has 3 rings (SSSR count). The van der Waals surface area contributed by atoms with Crippen molar-refractivity contribution in [2.75, 3.05) is 14.2 Å². The summed E-state index contributed by atoms with van der Waals surface area (Å²) in [4.78, 5) is 12.6. The van der Waals surface area contributed by atoms with E-state index < -0.39 is 0 Å². The first-order valence-electron chi connectivity index (χ1n) is 10.4. The molecule has 1 amide bonds. The summed E-state index contributed by atoms with van der Waals surface area (Å²) in [6.07, 6.45) is 0.660. The second-order valence-electron chi connectivity index (χ2n) is 7.10. The Morgan fingerprint density at radius 2 is 1.47 bits per heavy atom. The van der Waals surface area contributed by atoms with Crippen LogP contribution in [0.2, 0.25) is 0 Å². The zero-order chi connectivity index (χ0) is 22.8. The van der Waals surface area contributed by atoms with Crippen LogP contribution in [0.5, 0.6) is 11.5 Å². The predicted molar refractivity (Wildman–Crippen MR) is 132 cm³/mol. The Morgan fingerprint density at radius 3 is 2.09 bits per heavy atom. The molecule has 0 heterocycles. The lowest BCUT2D eigenvalue weighted by Crippen LogP contribution is -2.20. The molecule has 166 valence electrons. The highest BCUT2D eigenvalue weighted by Gasteiger charge is 2.10. The third-order valence-electron chi connectivity index (χ3n) is 4.94. The van der Waals surface area contributed by atoms with Crippen LogP contribution >= 0.6 is 11.8 Å². The smallest absolute Gasteiger partial charge is 0.271 e. The van der Waals surface area contributed by atoms with Crippen molar-refractivity contribution in [1.82, 2.24) is 5.43 Å². The van der Waals surface area contributed by atoms with Crippen LogP contribution in [-0.4, -0.2) is 25.8 Å². The van der Waals surface area contributed by atoms with Gasteiger partial charge in [0.25, 0.3) is 5.91 Å². The summed E-state index contributed by atoms with van der Waals surface area (Å²) in [5.74, 6) is 2.90. The van der Waals surface area contributed by atoms with Gasteiger partial charge in [-0.3, -0.25) is 4.79 Å². The average Bonchev–Trinajstić information content (AvgIpc) is 2.85. The molecule has 0 saturated carbocycles. The third-order valence-corrected chi connectivity index (χ3v) is 6.02. The van der Waals surface area contributed by atoms with Crippen LogP contribution in [0, 0.1) is 0 Å². The van der Waals surface area contributed by atoms with E-state index in [4.69, 9.17) is 9.47 Å². The minimum absolute atomic E-state index is 0.236. The van der Waals surface area contributed by atoms with Crippen LogP contribution in [0.15, 0.2) is 77.9 Å². The summed E-state index contributed by atoms with van der Waals surface area (Å²) in [6.45, 7) is 1.99. The highest BCUT2D eigenvalue weighted by Crippen LogP contribution is 2.28. The summed E-state index contributed by atoms with van der Waals surface area (Å²) < 4.78 is 10.6. The third kappa shape index (κ3) is 6.37. The largest absolute Gasteiger partial charge is 0.493 e. The number of hydrazone groups is 1. The van der Waals surface area contributed by atoms with E-state index in [9.17, 15) is 4.79 Å². The van der Waals surface area contributed by atoms with E-state index in [-0.39, 0.29) is 5.91 Å². The maximum atomic E-state index is 12.6. The van der Waals surface area contributed by atoms with Crippen molar-refractivity contribution in [2.45, 2.75) is 24.9 Å². The van der Waals surface area contributed by atoms with Gasteiger partial charge in [0.05, 0.1) is 19.9 Å². The first kappa shape index (κ1) is 23.4. The number of benzene rings is 3. The average molecular weight is 449 g/mol. The van der Waals surface area contributed by atoms with Crippen LogP contribution in [-0.2, 0) is 11.5 Å². The zero-order valence-corrected chi connectivity index (χ0v) is 19.4. The van der Waals surface area contributed by atoms with Crippen LogP contribution in [0.3, 0.4) is 0 Å². The minimum atomic E-state index is -0.236. The fourth-order valence-electron chi connectivity index (χ4n) is 3.16. The molecule has 3 aromatic rings. The van der Waals surface area contributed by atoms with Gasteiger partial charge >= 0.3 is 0 Å². The highest BCUT2D eigenvalue weighted by molar-refractivity contribution is 7.97. The molecule has 0 saturated heterocycles. The number of ether oxygens (including phenoxy) is 2. The minimum Gasteiger partial charge on any atom is -0.493 e. The van der Waals surface area contributed by atoms with Crippen molar-refractivity contribution >= 4 is 23.4 Å². The van der Waals surface area contributed by atoms with E-state index in [2.05, 4.69) is 34.8 Å². The summed E-state index contributed by atoms with van der Waals surface area (Å²) in [7, 11) is 3.19. The molecule has 0 fully saturated rings. The molecule has 1 N–H and O–H groups in total. The van der Waals surface area contributed by atoms with Gasteiger partial charge in [-0.15, -0.1) is 0 Å². The molecule has 0 aliphatic carbocycles. The first-order chi connectivity index (χ1) is 15.6. The van der Waals surface area contributed by atoms with E-state index in [0.717, 1.165) is 22.8 Å². The number of amides is 1. The van der Waals surface area contributed by atoms with Gasteiger partial charge in [0.15, 0.2) is 11.5 Å². The van der Waals surface area contributed by atoms with Crippen molar-refractivity contribution in [3.8, 4) is 11.5 Å². The number of nitrogens with one attached hydrogen (secondary N) is 1. The second-order valence-corrected chi connectivity index (χ2v) is 8.08. The standard InChI is InChI=1S/C26H28N2O3S/c1-4-23(22-14-15-24(30-2)25(16-22)31-3)27-28-26(29)21-12-10-20(11-13-21)18-32-17-19-8-6-5-7-9-19/h5-16H,4,17-18H2,1-3H3,(H,28,29)/b27-23-. The summed E-state index contributed by atoms with van der Waals surface area (Å²) >= 11 is 1.85. The molecule has 3 aromatic carbocycles. The summed E-state index contributed by atoms with van der Waals surface area (Å²) in [6, 6.07) is 23.7. The van der Waals surface area contributed by atoms with Crippen molar-refractivity contribution in [1.29, 1.82) is 0 Å². The van der Waals surface area contributed by atoms with E-state index >= 15 is 0 Å². The number of hydrogen-bond acceptors (Lipinski definition) is 5. The highest BCUT2D eigenvalue weighted by atomic mass is 32.2. The molecule has 0 unspecified atom stereocenters. The van der Waals surface area contributed by atoms with Gasteiger partial charge < -0.3 is 9.47 Å². The molecule has 0 bridgehead atoms. The van der Waals surface area contributed by atoms with Gasteiger partial charge in [-0.1, -0.05) is 49.4 Å². The number of carbonyl (C=O) groups excluding carboxylic acids is 1. The molecule has 0 aliphatic rings. The Labute approximate surface area is 193 Å². The molecule has 0 atom stereocenters. The molecule has 6 heteroatoms. The number of rotatable bonds is 10. The number of carbonyl (C=O) groups is 1. The van der Waals surface area contributed by atoms with Crippen molar-refractivity contribution in [2.24, 2.45) is 5.10 Å². The first-order valence-corrected chi connectivity index (χ1v) is 11.6. The lowest BCUT2D eigenvalue weighted by Gasteiger charge is -2.11. The fourth-order valence-corrected chi connectivity index (χ4v) is 4.12.